The van der Waals surface area contributed by atoms with Gasteiger partial charge in [0.2, 0.25) is 0 Å². The average Bonchev–Trinajstić information content (AvgIpc) is 2.48. The van der Waals surface area contributed by atoms with Crippen molar-refractivity contribution in [1.82, 2.24) is 9.80 Å². The predicted octanol–water partition coefficient (Wildman–Crippen LogP) is 1.08. The third kappa shape index (κ3) is 3.65. The van der Waals surface area contributed by atoms with Crippen molar-refractivity contribution in [1.29, 1.82) is 0 Å². The topological polar surface area (TPSA) is 62.2 Å². The monoisotopic (exact) mass is 294 g/mol. The molecule has 21 heavy (non-hydrogen) atoms. The van der Waals surface area contributed by atoms with Gasteiger partial charge in [-0.1, -0.05) is 0 Å². The fourth-order valence-corrected chi connectivity index (χ4v) is 2.58. The second-order valence-corrected chi connectivity index (χ2v) is 5.23. The summed E-state index contributed by atoms with van der Waals surface area (Å²) in [4.78, 5) is 15.9. The van der Waals surface area contributed by atoms with Gasteiger partial charge in [0.05, 0.1) is 14.2 Å². The minimum atomic E-state index is -0.852. The van der Waals surface area contributed by atoms with E-state index in [1.165, 1.54) is 0 Å². The first-order chi connectivity index (χ1) is 10.0. The maximum absolute atomic E-state index is 11.7. The van der Waals surface area contributed by atoms with E-state index in [1.807, 2.05) is 11.9 Å². The van der Waals surface area contributed by atoms with Crippen molar-refractivity contribution in [2.24, 2.45) is 0 Å². The number of carboxylic acids is 1. The van der Waals surface area contributed by atoms with Gasteiger partial charge >= 0.3 is 5.97 Å². The van der Waals surface area contributed by atoms with Gasteiger partial charge in [0, 0.05) is 32.2 Å². The summed E-state index contributed by atoms with van der Waals surface area (Å²) in [6.45, 7) is 3.19. The van der Waals surface area contributed by atoms with Crippen LogP contribution in [0.3, 0.4) is 0 Å². The van der Waals surface area contributed by atoms with E-state index in [9.17, 15) is 9.90 Å². The number of likely N-dealkylation sites (N-methyl/N-ethyl adjacent to an activating group) is 1. The van der Waals surface area contributed by atoms with Crippen molar-refractivity contribution in [2.45, 2.75) is 6.04 Å². The van der Waals surface area contributed by atoms with Crippen LogP contribution in [0.25, 0.3) is 0 Å². The number of carboxylic acid groups (broad SMARTS) is 1. The molecule has 0 aliphatic carbocycles. The summed E-state index contributed by atoms with van der Waals surface area (Å²) < 4.78 is 10.5. The lowest BCUT2D eigenvalue weighted by atomic mass is 10.0. The van der Waals surface area contributed by atoms with Crippen LogP contribution in [0.15, 0.2) is 18.2 Å². The molecule has 1 heterocycles. The van der Waals surface area contributed by atoms with Crippen LogP contribution in [0, 0.1) is 0 Å². The average molecular weight is 294 g/mol. The molecule has 116 valence electrons. The summed E-state index contributed by atoms with van der Waals surface area (Å²) in [5.41, 5.74) is 0.684. The Bertz CT molecular complexity index is 476. The second-order valence-electron chi connectivity index (χ2n) is 5.23. The van der Waals surface area contributed by atoms with E-state index in [0.717, 1.165) is 26.2 Å². The van der Waals surface area contributed by atoms with Gasteiger partial charge in [-0.3, -0.25) is 9.69 Å². The number of piperazine rings is 1. The zero-order valence-corrected chi connectivity index (χ0v) is 12.7. The quantitative estimate of drug-likeness (QED) is 0.877. The highest BCUT2D eigenvalue weighted by atomic mass is 16.5. The molecule has 1 aliphatic heterocycles. The Kier molecular flexibility index (Phi) is 5.03. The van der Waals surface area contributed by atoms with Gasteiger partial charge in [0.15, 0.2) is 0 Å². The van der Waals surface area contributed by atoms with Crippen LogP contribution in [-0.2, 0) is 4.79 Å². The minimum absolute atomic E-state index is 0.602. The molecule has 0 radical (unpaired) electrons. The highest BCUT2D eigenvalue weighted by molar-refractivity contribution is 5.76. The lowest BCUT2D eigenvalue weighted by Gasteiger charge is -2.36. The molecule has 0 aromatic heterocycles. The van der Waals surface area contributed by atoms with E-state index < -0.39 is 12.0 Å². The normalized spacial score (nSPS) is 18.2. The first kappa shape index (κ1) is 15.6. The van der Waals surface area contributed by atoms with E-state index in [4.69, 9.17) is 9.47 Å². The first-order valence-corrected chi connectivity index (χ1v) is 6.93. The smallest absolute Gasteiger partial charge is 0.325 e. The number of hydrogen-bond acceptors (Lipinski definition) is 5. The zero-order chi connectivity index (χ0) is 15.4. The Morgan fingerprint density at radius 1 is 1.10 bits per heavy atom. The summed E-state index contributed by atoms with van der Waals surface area (Å²) in [5, 5.41) is 9.64. The fraction of sp³-hybridized carbons (Fsp3) is 0.533. The van der Waals surface area contributed by atoms with Gasteiger partial charge in [-0.2, -0.15) is 0 Å². The number of methoxy groups -OCH3 is 2. The zero-order valence-electron chi connectivity index (χ0n) is 12.7. The first-order valence-electron chi connectivity index (χ1n) is 6.93. The molecule has 0 amide bonds. The lowest BCUT2D eigenvalue weighted by Crippen LogP contribution is -2.47. The number of aliphatic carboxylic acids is 1. The van der Waals surface area contributed by atoms with Gasteiger partial charge in [0.1, 0.15) is 17.5 Å². The lowest BCUT2D eigenvalue weighted by molar-refractivity contribution is -0.144. The van der Waals surface area contributed by atoms with Gasteiger partial charge < -0.3 is 19.5 Å². The predicted molar refractivity (Wildman–Crippen MR) is 79.0 cm³/mol. The highest BCUT2D eigenvalue weighted by Crippen LogP contribution is 2.30. The van der Waals surface area contributed by atoms with E-state index in [2.05, 4.69) is 4.90 Å². The number of rotatable bonds is 5. The molecule has 1 saturated heterocycles. The summed E-state index contributed by atoms with van der Waals surface area (Å²) in [7, 11) is 5.16. The number of nitrogens with zero attached hydrogens (tertiary/aromatic N) is 2. The van der Waals surface area contributed by atoms with Crippen molar-refractivity contribution < 1.29 is 19.4 Å². The summed E-state index contributed by atoms with van der Waals surface area (Å²) in [6, 6.07) is 4.59. The largest absolute Gasteiger partial charge is 0.497 e. The van der Waals surface area contributed by atoms with Crippen LogP contribution < -0.4 is 9.47 Å². The molecule has 6 heteroatoms. The van der Waals surface area contributed by atoms with E-state index in [1.54, 1.807) is 32.4 Å². The molecule has 1 fully saturated rings. The molecular weight excluding hydrogens is 272 g/mol. The standard InChI is InChI=1S/C15H22N2O4/c1-16-4-6-17(7-5-16)14(15(18)19)11-8-12(20-2)10-13(9-11)21-3/h8-10,14H,4-7H2,1-3H3,(H,18,19). The number of ether oxygens (including phenoxy) is 2. The van der Waals surface area contributed by atoms with Gasteiger partial charge in [-0.25, -0.2) is 0 Å². The van der Waals surface area contributed by atoms with Crippen LogP contribution in [-0.4, -0.2) is 68.3 Å². The molecule has 1 unspecified atom stereocenters. The fourth-order valence-electron chi connectivity index (χ4n) is 2.58. The molecule has 1 aromatic carbocycles. The molecule has 1 aromatic rings. The molecule has 1 atom stereocenters. The Morgan fingerprint density at radius 3 is 2.05 bits per heavy atom. The second kappa shape index (κ2) is 6.78. The Labute approximate surface area is 124 Å². The maximum atomic E-state index is 11.7. The van der Waals surface area contributed by atoms with E-state index in [-0.39, 0.29) is 0 Å². The van der Waals surface area contributed by atoms with Crippen LogP contribution >= 0.6 is 0 Å². The van der Waals surface area contributed by atoms with Gasteiger partial charge in [0.25, 0.3) is 0 Å². The molecule has 0 spiro atoms. The van der Waals surface area contributed by atoms with E-state index in [0.29, 0.717) is 17.1 Å². The molecule has 6 nitrogen and oxygen atoms in total. The van der Waals surface area contributed by atoms with Crippen LogP contribution in [0.1, 0.15) is 11.6 Å². The van der Waals surface area contributed by atoms with Crippen LogP contribution in [0.4, 0.5) is 0 Å². The minimum Gasteiger partial charge on any atom is -0.497 e. The van der Waals surface area contributed by atoms with Gasteiger partial charge in [-0.05, 0) is 24.7 Å². The van der Waals surface area contributed by atoms with Crippen molar-refractivity contribution in [3.8, 4) is 11.5 Å². The maximum Gasteiger partial charge on any atom is 0.325 e. The third-order valence-electron chi connectivity index (χ3n) is 3.83. The Hall–Kier alpha value is -1.79. The molecule has 0 saturated carbocycles. The van der Waals surface area contributed by atoms with E-state index >= 15 is 0 Å². The summed E-state index contributed by atoms with van der Waals surface area (Å²) in [6.07, 6.45) is 0. The van der Waals surface area contributed by atoms with Crippen molar-refractivity contribution >= 4 is 5.97 Å². The molecule has 1 aliphatic rings. The third-order valence-corrected chi connectivity index (χ3v) is 3.83. The molecule has 2 rings (SSSR count). The number of carbonyl (C=O) groups is 1. The highest BCUT2D eigenvalue weighted by Gasteiger charge is 2.30. The SMILES string of the molecule is COc1cc(OC)cc(C(C(=O)O)N2CCN(C)CC2)c1. The summed E-state index contributed by atoms with van der Waals surface area (Å²) in [5.74, 6) is 0.351. The van der Waals surface area contributed by atoms with Crippen molar-refractivity contribution in [3.63, 3.8) is 0 Å². The number of hydrogen-bond donors (Lipinski definition) is 1. The van der Waals surface area contributed by atoms with Crippen molar-refractivity contribution in [2.75, 3.05) is 47.4 Å². The van der Waals surface area contributed by atoms with Crippen LogP contribution in [0.2, 0.25) is 0 Å². The van der Waals surface area contributed by atoms with Crippen molar-refractivity contribution in [3.05, 3.63) is 23.8 Å². The van der Waals surface area contributed by atoms with Gasteiger partial charge in [-0.15, -0.1) is 0 Å². The summed E-state index contributed by atoms with van der Waals surface area (Å²) >= 11 is 0. The Morgan fingerprint density at radius 2 is 1.62 bits per heavy atom. The number of benzene rings is 1. The molecular formula is C15H22N2O4. The molecule has 1 N–H and O–H groups in total. The molecule has 0 bridgehead atoms. The Balaban J connectivity index is 2.31. The van der Waals surface area contributed by atoms with Crippen LogP contribution in [0.5, 0.6) is 11.5 Å².